The molecule has 0 unspecified atom stereocenters. The van der Waals surface area contributed by atoms with Crippen molar-refractivity contribution in [2.75, 3.05) is 19.7 Å². The molecule has 0 aliphatic carbocycles. The summed E-state index contributed by atoms with van der Waals surface area (Å²) in [5.41, 5.74) is 1.25. The molecule has 1 aromatic heterocycles. The van der Waals surface area contributed by atoms with E-state index in [0.717, 1.165) is 57.1 Å². The number of furan rings is 1. The number of rotatable bonds is 7. The predicted octanol–water partition coefficient (Wildman–Crippen LogP) is 3.09. The average molecular weight is 294 g/mol. The molecule has 1 saturated heterocycles. The van der Waals surface area contributed by atoms with Gasteiger partial charge in [-0.25, -0.2) is 0 Å². The fourth-order valence-electron chi connectivity index (χ4n) is 2.83. The fraction of sp³-hybridized carbons (Fsp3) is 0.765. The smallest absolute Gasteiger partial charge is 0.120 e. The lowest BCUT2D eigenvalue weighted by Crippen LogP contribution is -2.36. The van der Waals surface area contributed by atoms with Gasteiger partial charge in [0.1, 0.15) is 11.5 Å². The number of hydrogen-bond donors (Lipinski definition) is 1. The van der Waals surface area contributed by atoms with Crippen LogP contribution in [-0.2, 0) is 17.8 Å². The molecule has 0 bridgehead atoms. The van der Waals surface area contributed by atoms with Crippen molar-refractivity contribution in [3.05, 3.63) is 23.2 Å². The van der Waals surface area contributed by atoms with E-state index in [2.05, 4.69) is 44.0 Å². The molecule has 1 aromatic rings. The van der Waals surface area contributed by atoms with Crippen LogP contribution in [0.25, 0.3) is 0 Å². The first-order chi connectivity index (χ1) is 10.1. The zero-order chi connectivity index (χ0) is 15.2. The molecular weight excluding hydrogens is 264 g/mol. The molecule has 2 heterocycles. The van der Waals surface area contributed by atoms with Crippen LogP contribution in [0.15, 0.2) is 10.5 Å². The van der Waals surface area contributed by atoms with E-state index in [9.17, 15) is 0 Å². The molecular formula is C17H30N2O2. The molecule has 21 heavy (non-hydrogen) atoms. The van der Waals surface area contributed by atoms with Crippen LogP contribution < -0.4 is 5.32 Å². The Balaban J connectivity index is 1.82. The minimum atomic E-state index is 0.454. The molecule has 120 valence electrons. The lowest BCUT2D eigenvalue weighted by Gasteiger charge is -2.31. The van der Waals surface area contributed by atoms with Crippen molar-refractivity contribution >= 4 is 0 Å². The van der Waals surface area contributed by atoms with Crippen LogP contribution >= 0.6 is 0 Å². The van der Waals surface area contributed by atoms with Crippen molar-refractivity contribution in [1.82, 2.24) is 10.2 Å². The Morgan fingerprint density at radius 2 is 2.10 bits per heavy atom. The summed E-state index contributed by atoms with van der Waals surface area (Å²) < 4.78 is 11.7. The second-order valence-corrected chi connectivity index (χ2v) is 6.29. The topological polar surface area (TPSA) is 37.6 Å². The Labute approximate surface area is 128 Å². The maximum atomic E-state index is 6.01. The Morgan fingerprint density at radius 1 is 1.38 bits per heavy atom. The monoisotopic (exact) mass is 294 g/mol. The molecule has 1 aliphatic rings. The van der Waals surface area contributed by atoms with Gasteiger partial charge >= 0.3 is 0 Å². The van der Waals surface area contributed by atoms with Crippen LogP contribution in [0.5, 0.6) is 0 Å². The van der Waals surface area contributed by atoms with Gasteiger partial charge in [0.15, 0.2) is 0 Å². The second kappa shape index (κ2) is 7.97. The first-order valence-corrected chi connectivity index (χ1v) is 8.24. The van der Waals surface area contributed by atoms with Crippen LogP contribution in [0.2, 0.25) is 0 Å². The third-order valence-corrected chi connectivity index (χ3v) is 4.06. The summed E-state index contributed by atoms with van der Waals surface area (Å²) in [6.07, 6.45) is 2.72. The van der Waals surface area contributed by atoms with Crippen molar-refractivity contribution in [3.8, 4) is 0 Å². The van der Waals surface area contributed by atoms with Crippen LogP contribution in [0.4, 0.5) is 0 Å². The third kappa shape index (κ3) is 5.13. The maximum Gasteiger partial charge on any atom is 0.120 e. The highest BCUT2D eigenvalue weighted by molar-refractivity contribution is 5.20. The lowest BCUT2D eigenvalue weighted by molar-refractivity contribution is 0.0111. The van der Waals surface area contributed by atoms with Crippen molar-refractivity contribution < 1.29 is 9.15 Å². The van der Waals surface area contributed by atoms with E-state index >= 15 is 0 Å². The maximum absolute atomic E-state index is 6.01. The van der Waals surface area contributed by atoms with E-state index in [1.807, 2.05) is 0 Å². The Bertz CT molecular complexity index is 420. The minimum Gasteiger partial charge on any atom is -0.463 e. The molecule has 1 N–H and O–H groups in total. The number of nitrogens with one attached hydrogen (secondary N) is 1. The summed E-state index contributed by atoms with van der Waals surface area (Å²) in [5.74, 6) is 2.16. The highest BCUT2D eigenvalue weighted by Gasteiger charge is 2.20. The van der Waals surface area contributed by atoms with Gasteiger partial charge in [0.25, 0.3) is 0 Å². The Hall–Kier alpha value is -0.840. The molecule has 0 amide bonds. The van der Waals surface area contributed by atoms with Crippen LogP contribution in [-0.4, -0.2) is 36.7 Å². The van der Waals surface area contributed by atoms with Gasteiger partial charge in [0.2, 0.25) is 0 Å². The van der Waals surface area contributed by atoms with E-state index in [1.54, 1.807) is 0 Å². The molecule has 0 radical (unpaired) electrons. The van der Waals surface area contributed by atoms with E-state index < -0.39 is 0 Å². The third-order valence-electron chi connectivity index (χ3n) is 4.06. The zero-order valence-corrected chi connectivity index (χ0v) is 13.9. The molecule has 2 rings (SSSR count). The number of likely N-dealkylation sites (tertiary alicyclic amines) is 1. The Kier molecular flexibility index (Phi) is 6.27. The van der Waals surface area contributed by atoms with E-state index in [-0.39, 0.29) is 0 Å². The van der Waals surface area contributed by atoms with Crippen molar-refractivity contribution in [1.29, 1.82) is 0 Å². The highest BCUT2D eigenvalue weighted by Crippen LogP contribution is 2.20. The highest BCUT2D eigenvalue weighted by atomic mass is 16.5. The first kappa shape index (κ1) is 16.5. The summed E-state index contributed by atoms with van der Waals surface area (Å²) in [6, 6.07) is 2.67. The van der Waals surface area contributed by atoms with Gasteiger partial charge in [0, 0.05) is 25.7 Å². The number of nitrogens with zero attached hydrogens (tertiary/aromatic N) is 1. The normalized spacial score (nSPS) is 17.8. The van der Waals surface area contributed by atoms with E-state index in [4.69, 9.17) is 9.15 Å². The first-order valence-electron chi connectivity index (χ1n) is 8.24. The second-order valence-electron chi connectivity index (χ2n) is 6.29. The SMILES string of the molecule is CCOC1CCN(Cc2cc(C)c(CNC(C)C)o2)CC1. The number of aryl methyl sites for hydroxylation is 1. The molecule has 4 heteroatoms. The molecule has 4 nitrogen and oxygen atoms in total. The predicted molar refractivity (Wildman–Crippen MR) is 85.3 cm³/mol. The molecule has 0 spiro atoms. The fourth-order valence-corrected chi connectivity index (χ4v) is 2.83. The van der Waals surface area contributed by atoms with Gasteiger partial charge in [-0.05, 0) is 38.3 Å². The molecule has 0 saturated carbocycles. The number of piperidine rings is 1. The molecule has 0 atom stereocenters. The molecule has 1 aliphatic heterocycles. The molecule has 0 aromatic carbocycles. The van der Waals surface area contributed by atoms with Gasteiger partial charge < -0.3 is 14.5 Å². The van der Waals surface area contributed by atoms with Gasteiger partial charge in [-0.3, -0.25) is 4.90 Å². The van der Waals surface area contributed by atoms with E-state index in [0.29, 0.717) is 12.1 Å². The summed E-state index contributed by atoms with van der Waals surface area (Å²) in [4.78, 5) is 2.47. The average Bonchev–Trinajstić information content (AvgIpc) is 2.79. The zero-order valence-electron chi connectivity index (χ0n) is 13.9. The quantitative estimate of drug-likeness (QED) is 0.838. The van der Waals surface area contributed by atoms with Gasteiger partial charge in [-0.2, -0.15) is 0 Å². The summed E-state index contributed by atoms with van der Waals surface area (Å²) in [7, 11) is 0. The summed E-state index contributed by atoms with van der Waals surface area (Å²) in [6.45, 7) is 13.3. The van der Waals surface area contributed by atoms with Gasteiger partial charge in [0.05, 0.1) is 19.2 Å². The summed E-state index contributed by atoms with van der Waals surface area (Å²) in [5, 5.41) is 3.42. The van der Waals surface area contributed by atoms with Crippen LogP contribution in [0, 0.1) is 6.92 Å². The number of ether oxygens (including phenoxy) is 1. The standard InChI is InChI=1S/C17H30N2O2/c1-5-20-15-6-8-19(9-7-15)12-16-10-14(4)17(21-16)11-18-13(2)3/h10,13,15,18H,5-9,11-12H2,1-4H3. The van der Waals surface area contributed by atoms with Crippen LogP contribution in [0.1, 0.15) is 50.7 Å². The van der Waals surface area contributed by atoms with Crippen LogP contribution in [0.3, 0.4) is 0 Å². The lowest BCUT2D eigenvalue weighted by atomic mass is 10.1. The van der Waals surface area contributed by atoms with Gasteiger partial charge in [-0.15, -0.1) is 0 Å². The van der Waals surface area contributed by atoms with Crippen molar-refractivity contribution in [2.24, 2.45) is 0 Å². The van der Waals surface area contributed by atoms with E-state index in [1.165, 1.54) is 5.56 Å². The summed E-state index contributed by atoms with van der Waals surface area (Å²) >= 11 is 0. The minimum absolute atomic E-state index is 0.454. The Morgan fingerprint density at radius 3 is 2.71 bits per heavy atom. The largest absolute Gasteiger partial charge is 0.463 e. The van der Waals surface area contributed by atoms with Crippen molar-refractivity contribution in [2.45, 2.75) is 65.8 Å². The van der Waals surface area contributed by atoms with Crippen molar-refractivity contribution in [3.63, 3.8) is 0 Å². The number of hydrogen-bond acceptors (Lipinski definition) is 4. The molecule has 1 fully saturated rings. The van der Waals surface area contributed by atoms with Gasteiger partial charge in [-0.1, -0.05) is 13.8 Å².